The minimum absolute atomic E-state index is 0.0270. The number of halogens is 1. The minimum Gasteiger partial charge on any atom is -0.370 e. The number of nitrogens with zero attached hydrogens (tertiary/aromatic N) is 2. The highest BCUT2D eigenvalue weighted by Gasteiger charge is 2.15. The first kappa shape index (κ1) is 15.5. The fourth-order valence-electron chi connectivity index (χ4n) is 1.80. The van der Waals surface area contributed by atoms with Crippen LogP contribution in [0.15, 0.2) is 24.3 Å². The SMILES string of the molecule is CCNc1ccc([N+](=O)[O-])c(NCCc2ccc(Cl)s2)n1. The number of nitro groups is 1. The standard InChI is InChI=1S/C13H15ClN4O2S/c1-2-15-12-6-4-10(18(19)20)13(17-12)16-8-7-9-3-5-11(14)21-9/h3-6H,2,7-8H2,1H3,(H2,15,16,17). The van der Waals surface area contributed by atoms with Crippen LogP contribution in [-0.4, -0.2) is 23.0 Å². The van der Waals surface area contributed by atoms with Crippen molar-refractivity contribution in [1.82, 2.24) is 4.98 Å². The summed E-state index contributed by atoms with van der Waals surface area (Å²) in [6.45, 7) is 3.20. The smallest absolute Gasteiger partial charge is 0.311 e. The molecule has 6 nitrogen and oxygen atoms in total. The Bertz CT molecular complexity index is 632. The number of hydrogen-bond acceptors (Lipinski definition) is 6. The van der Waals surface area contributed by atoms with Gasteiger partial charge in [0.1, 0.15) is 5.82 Å². The highest BCUT2D eigenvalue weighted by molar-refractivity contribution is 7.16. The maximum atomic E-state index is 11.0. The number of anilines is 2. The number of rotatable bonds is 7. The lowest BCUT2D eigenvalue weighted by molar-refractivity contribution is -0.384. The molecule has 0 aliphatic carbocycles. The van der Waals surface area contributed by atoms with Gasteiger partial charge in [-0.15, -0.1) is 11.3 Å². The zero-order valence-corrected chi connectivity index (χ0v) is 13.0. The van der Waals surface area contributed by atoms with Gasteiger partial charge in [0.2, 0.25) is 5.82 Å². The zero-order valence-electron chi connectivity index (χ0n) is 11.4. The predicted octanol–water partition coefficient (Wildman–Crippen LogP) is 3.79. The van der Waals surface area contributed by atoms with Crippen molar-refractivity contribution >= 4 is 40.3 Å². The molecule has 0 bridgehead atoms. The zero-order chi connectivity index (χ0) is 15.2. The van der Waals surface area contributed by atoms with Gasteiger partial charge in [-0.25, -0.2) is 4.98 Å². The molecule has 0 aromatic carbocycles. The Morgan fingerprint density at radius 1 is 1.33 bits per heavy atom. The lowest BCUT2D eigenvalue weighted by Gasteiger charge is -2.08. The molecule has 0 amide bonds. The van der Waals surface area contributed by atoms with Crippen molar-refractivity contribution in [1.29, 1.82) is 0 Å². The second kappa shape index (κ2) is 7.24. The van der Waals surface area contributed by atoms with E-state index in [9.17, 15) is 10.1 Å². The molecule has 0 unspecified atom stereocenters. The van der Waals surface area contributed by atoms with E-state index in [0.717, 1.165) is 15.6 Å². The second-order valence-electron chi connectivity index (χ2n) is 4.23. The molecule has 21 heavy (non-hydrogen) atoms. The van der Waals surface area contributed by atoms with Crippen LogP contribution in [0.2, 0.25) is 4.34 Å². The Morgan fingerprint density at radius 3 is 2.76 bits per heavy atom. The largest absolute Gasteiger partial charge is 0.370 e. The average molecular weight is 327 g/mol. The number of thiophene rings is 1. The molecule has 0 radical (unpaired) electrons. The normalized spacial score (nSPS) is 10.4. The van der Waals surface area contributed by atoms with Crippen LogP contribution in [0.5, 0.6) is 0 Å². The summed E-state index contributed by atoms with van der Waals surface area (Å²) < 4.78 is 0.739. The van der Waals surface area contributed by atoms with E-state index in [2.05, 4.69) is 15.6 Å². The first-order chi connectivity index (χ1) is 10.1. The fourth-order valence-corrected chi connectivity index (χ4v) is 2.89. The summed E-state index contributed by atoms with van der Waals surface area (Å²) in [5.74, 6) is 0.894. The summed E-state index contributed by atoms with van der Waals surface area (Å²) in [4.78, 5) is 15.9. The number of aromatic nitrogens is 1. The Balaban J connectivity index is 2.05. The van der Waals surface area contributed by atoms with Gasteiger partial charge in [0.05, 0.1) is 9.26 Å². The monoisotopic (exact) mass is 326 g/mol. The Labute approximate surface area is 131 Å². The quantitative estimate of drug-likeness (QED) is 0.597. The average Bonchev–Trinajstić information content (AvgIpc) is 2.85. The molecule has 0 fully saturated rings. The van der Waals surface area contributed by atoms with Crippen LogP contribution in [0.3, 0.4) is 0 Å². The lowest BCUT2D eigenvalue weighted by atomic mass is 10.3. The second-order valence-corrected chi connectivity index (χ2v) is 6.03. The highest BCUT2D eigenvalue weighted by Crippen LogP contribution is 2.25. The minimum atomic E-state index is -0.437. The van der Waals surface area contributed by atoms with Gasteiger partial charge in [0, 0.05) is 24.0 Å². The third-order valence-electron chi connectivity index (χ3n) is 2.72. The van der Waals surface area contributed by atoms with Gasteiger partial charge >= 0.3 is 5.69 Å². The van der Waals surface area contributed by atoms with Crippen LogP contribution in [0.4, 0.5) is 17.3 Å². The molecule has 2 rings (SSSR count). The van der Waals surface area contributed by atoms with E-state index in [0.29, 0.717) is 18.9 Å². The first-order valence-corrected chi connectivity index (χ1v) is 7.67. The topological polar surface area (TPSA) is 80.1 Å². The van der Waals surface area contributed by atoms with Crippen LogP contribution in [0, 0.1) is 10.1 Å². The van der Waals surface area contributed by atoms with Gasteiger partial charge in [-0.2, -0.15) is 0 Å². The Hall–Kier alpha value is -1.86. The van der Waals surface area contributed by atoms with Gasteiger partial charge in [-0.3, -0.25) is 10.1 Å². The van der Waals surface area contributed by atoms with E-state index in [1.807, 2.05) is 19.1 Å². The summed E-state index contributed by atoms with van der Waals surface area (Å²) in [6, 6.07) is 6.85. The summed E-state index contributed by atoms with van der Waals surface area (Å²) in [6.07, 6.45) is 0.738. The van der Waals surface area contributed by atoms with E-state index in [1.165, 1.54) is 17.4 Å². The molecule has 8 heteroatoms. The van der Waals surface area contributed by atoms with E-state index in [4.69, 9.17) is 11.6 Å². The van der Waals surface area contributed by atoms with E-state index < -0.39 is 4.92 Å². The summed E-state index contributed by atoms with van der Waals surface area (Å²) in [5.41, 5.74) is -0.0270. The summed E-state index contributed by atoms with van der Waals surface area (Å²) in [5, 5.41) is 17.1. The van der Waals surface area contributed by atoms with E-state index in [-0.39, 0.29) is 11.5 Å². The highest BCUT2D eigenvalue weighted by atomic mass is 35.5. The van der Waals surface area contributed by atoms with Crippen LogP contribution >= 0.6 is 22.9 Å². The molecular formula is C13H15ClN4O2S. The van der Waals surface area contributed by atoms with Crippen molar-refractivity contribution in [3.05, 3.63) is 43.6 Å². The third-order valence-corrected chi connectivity index (χ3v) is 4.01. The summed E-state index contributed by atoms with van der Waals surface area (Å²) >= 11 is 7.37. The number of pyridine rings is 1. The van der Waals surface area contributed by atoms with E-state index in [1.54, 1.807) is 6.07 Å². The van der Waals surface area contributed by atoms with Crippen molar-refractivity contribution in [3.63, 3.8) is 0 Å². The van der Waals surface area contributed by atoms with Crippen LogP contribution in [0.25, 0.3) is 0 Å². The number of hydrogen-bond donors (Lipinski definition) is 2. The molecule has 0 spiro atoms. The maximum absolute atomic E-state index is 11.0. The lowest BCUT2D eigenvalue weighted by Crippen LogP contribution is -2.09. The molecule has 0 aliphatic heterocycles. The van der Waals surface area contributed by atoms with Crippen LogP contribution < -0.4 is 10.6 Å². The Kier molecular flexibility index (Phi) is 5.35. The molecule has 0 atom stereocenters. The van der Waals surface area contributed by atoms with Gasteiger partial charge in [-0.1, -0.05) is 11.6 Å². The predicted molar refractivity (Wildman–Crippen MR) is 86.6 cm³/mol. The van der Waals surface area contributed by atoms with Gasteiger partial charge in [0.15, 0.2) is 0 Å². The molecule has 2 aromatic rings. The summed E-state index contributed by atoms with van der Waals surface area (Å²) in [7, 11) is 0. The van der Waals surface area contributed by atoms with Gasteiger partial charge in [-0.05, 0) is 31.5 Å². The maximum Gasteiger partial charge on any atom is 0.311 e. The molecule has 0 saturated carbocycles. The van der Waals surface area contributed by atoms with Crippen molar-refractivity contribution in [2.45, 2.75) is 13.3 Å². The van der Waals surface area contributed by atoms with Gasteiger partial charge < -0.3 is 10.6 Å². The molecule has 0 aliphatic rings. The molecular weight excluding hydrogens is 312 g/mol. The van der Waals surface area contributed by atoms with Crippen molar-refractivity contribution in [2.24, 2.45) is 0 Å². The first-order valence-electron chi connectivity index (χ1n) is 6.47. The molecule has 2 heterocycles. The molecule has 112 valence electrons. The molecule has 0 saturated heterocycles. The van der Waals surface area contributed by atoms with Crippen molar-refractivity contribution in [2.75, 3.05) is 23.7 Å². The van der Waals surface area contributed by atoms with Crippen molar-refractivity contribution < 1.29 is 4.92 Å². The number of nitrogens with one attached hydrogen (secondary N) is 2. The van der Waals surface area contributed by atoms with E-state index >= 15 is 0 Å². The fraction of sp³-hybridized carbons (Fsp3) is 0.308. The van der Waals surface area contributed by atoms with Gasteiger partial charge in [0.25, 0.3) is 0 Å². The Morgan fingerprint density at radius 2 is 2.14 bits per heavy atom. The van der Waals surface area contributed by atoms with Crippen LogP contribution in [-0.2, 0) is 6.42 Å². The van der Waals surface area contributed by atoms with Crippen LogP contribution in [0.1, 0.15) is 11.8 Å². The van der Waals surface area contributed by atoms with Crippen molar-refractivity contribution in [3.8, 4) is 0 Å². The molecule has 2 N–H and O–H groups in total. The third kappa shape index (κ3) is 4.30. The molecule has 2 aromatic heterocycles.